The number of guanidine groups is 1. The molecule has 6 nitrogen and oxygen atoms in total. The second-order valence-corrected chi connectivity index (χ2v) is 5.99. The van der Waals surface area contributed by atoms with Crippen LogP contribution in [0.3, 0.4) is 0 Å². The van der Waals surface area contributed by atoms with E-state index in [4.69, 9.17) is 11.1 Å². The minimum atomic E-state index is 0.0708. The average Bonchev–Trinajstić information content (AvgIpc) is 2.97. The Kier molecular flexibility index (Phi) is 5.06. The summed E-state index contributed by atoms with van der Waals surface area (Å²) in [5, 5.41) is 19.0. The lowest BCUT2D eigenvalue weighted by Crippen LogP contribution is -2.29. The van der Waals surface area contributed by atoms with Gasteiger partial charge in [-0.15, -0.1) is 0 Å². The number of aliphatic imine (C=N–C) groups is 1. The van der Waals surface area contributed by atoms with E-state index in [1.165, 1.54) is 5.70 Å². The fourth-order valence-corrected chi connectivity index (χ4v) is 3.34. The van der Waals surface area contributed by atoms with Crippen LogP contribution < -0.4 is 21.7 Å². The Bertz CT molecular complexity index is 359. The first-order valence-electron chi connectivity index (χ1n) is 5.81. The van der Waals surface area contributed by atoms with Crippen LogP contribution in [0.4, 0.5) is 0 Å². The van der Waals surface area contributed by atoms with Crippen molar-refractivity contribution in [1.29, 1.82) is 5.41 Å². The van der Waals surface area contributed by atoms with E-state index >= 15 is 0 Å². The second-order valence-electron chi connectivity index (χ2n) is 3.93. The predicted molar refractivity (Wildman–Crippen MR) is 79.9 cm³/mol. The zero-order valence-corrected chi connectivity index (χ0v) is 11.7. The third-order valence-corrected chi connectivity index (χ3v) is 4.29. The highest BCUT2D eigenvalue weighted by Gasteiger charge is 2.17. The third-order valence-electron chi connectivity index (χ3n) is 2.38. The van der Waals surface area contributed by atoms with Gasteiger partial charge in [-0.25, -0.2) is 4.99 Å². The zero-order chi connectivity index (χ0) is 12.8. The van der Waals surface area contributed by atoms with Crippen molar-refractivity contribution in [3.8, 4) is 0 Å². The maximum absolute atomic E-state index is 7.14. The van der Waals surface area contributed by atoms with Gasteiger partial charge in [0.1, 0.15) is 0 Å². The molecule has 0 saturated carbocycles. The number of rotatable bonds is 6. The minimum absolute atomic E-state index is 0.0708. The van der Waals surface area contributed by atoms with Gasteiger partial charge in [-0.05, 0) is 5.41 Å². The SMILES string of the molecule is N=C(N)CCSCC1=CSC(N=C2NCCN2)N1. The highest BCUT2D eigenvalue weighted by atomic mass is 32.2. The Morgan fingerprint density at radius 3 is 3.06 bits per heavy atom. The Labute approximate surface area is 115 Å². The molecule has 0 bridgehead atoms. The zero-order valence-electron chi connectivity index (χ0n) is 10.0. The molecule has 18 heavy (non-hydrogen) atoms. The molecular weight excluding hydrogens is 268 g/mol. The number of nitrogens with one attached hydrogen (secondary N) is 4. The van der Waals surface area contributed by atoms with Gasteiger partial charge in [-0.3, -0.25) is 5.41 Å². The first-order valence-corrected chi connectivity index (χ1v) is 7.91. The Balaban J connectivity index is 1.64. The highest BCUT2D eigenvalue weighted by Crippen LogP contribution is 2.24. The van der Waals surface area contributed by atoms with Gasteiger partial charge in [0.05, 0.1) is 5.84 Å². The summed E-state index contributed by atoms with van der Waals surface area (Å²) in [4.78, 5) is 4.51. The van der Waals surface area contributed by atoms with Crippen molar-refractivity contribution in [1.82, 2.24) is 16.0 Å². The molecule has 2 aliphatic heterocycles. The molecule has 0 amide bonds. The molecule has 6 N–H and O–H groups in total. The smallest absolute Gasteiger partial charge is 0.194 e. The number of hydrogen-bond donors (Lipinski definition) is 5. The van der Waals surface area contributed by atoms with Crippen LogP contribution >= 0.6 is 23.5 Å². The minimum Gasteiger partial charge on any atom is -0.388 e. The van der Waals surface area contributed by atoms with Crippen LogP contribution in [-0.4, -0.2) is 41.9 Å². The summed E-state index contributed by atoms with van der Waals surface area (Å²) in [7, 11) is 0. The Morgan fingerprint density at radius 2 is 2.33 bits per heavy atom. The summed E-state index contributed by atoms with van der Waals surface area (Å²) < 4.78 is 0. The molecule has 2 aliphatic rings. The Hall–Kier alpha value is -1.02. The van der Waals surface area contributed by atoms with Crippen LogP contribution in [0, 0.1) is 5.41 Å². The lowest BCUT2D eigenvalue weighted by molar-refractivity contribution is 0.787. The molecule has 2 rings (SSSR count). The van der Waals surface area contributed by atoms with E-state index in [1.54, 1.807) is 23.5 Å². The Morgan fingerprint density at radius 1 is 1.56 bits per heavy atom. The molecule has 0 aliphatic carbocycles. The summed E-state index contributed by atoms with van der Waals surface area (Å²) >= 11 is 3.46. The maximum atomic E-state index is 7.14. The van der Waals surface area contributed by atoms with Crippen molar-refractivity contribution in [2.24, 2.45) is 10.7 Å². The quantitative estimate of drug-likeness (QED) is 0.269. The first-order chi connectivity index (χ1) is 8.74. The number of amidine groups is 1. The lowest BCUT2D eigenvalue weighted by Gasteiger charge is -2.09. The van der Waals surface area contributed by atoms with Crippen LogP contribution in [0.15, 0.2) is 16.1 Å². The molecular formula is C10H18N6S2. The average molecular weight is 286 g/mol. The molecule has 1 fully saturated rings. The van der Waals surface area contributed by atoms with Gasteiger partial charge in [-0.1, -0.05) is 11.8 Å². The van der Waals surface area contributed by atoms with E-state index in [0.29, 0.717) is 6.42 Å². The number of thioether (sulfide) groups is 2. The van der Waals surface area contributed by atoms with Crippen molar-refractivity contribution < 1.29 is 0 Å². The van der Waals surface area contributed by atoms with Crippen molar-refractivity contribution >= 4 is 35.3 Å². The summed E-state index contributed by atoms with van der Waals surface area (Å²) in [5.74, 6) is 2.94. The van der Waals surface area contributed by atoms with Crippen molar-refractivity contribution in [2.75, 3.05) is 24.6 Å². The molecule has 0 aromatic rings. The number of hydrogen-bond acceptors (Lipinski definition) is 5. The van der Waals surface area contributed by atoms with E-state index in [0.717, 1.165) is 30.6 Å². The van der Waals surface area contributed by atoms with Gasteiger partial charge in [0.2, 0.25) is 0 Å². The monoisotopic (exact) mass is 286 g/mol. The summed E-state index contributed by atoms with van der Waals surface area (Å²) in [5.41, 5.74) is 6.57. The van der Waals surface area contributed by atoms with E-state index in [9.17, 15) is 0 Å². The molecule has 100 valence electrons. The molecule has 0 aromatic heterocycles. The lowest BCUT2D eigenvalue weighted by atomic mass is 10.5. The van der Waals surface area contributed by atoms with E-state index in [-0.39, 0.29) is 11.3 Å². The highest BCUT2D eigenvalue weighted by molar-refractivity contribution is 8.03. The van der Waals surface area contributed by atoms with Crippen molar-refractivity contribution in [2.45, 2.75) is 11.9 Å². The van der Waals surface area contributed by atoms with Crippen LogP contribution in [0.25, 0.3) is 0 Å². The second kappa shape index (κ2) is 6.79. The van der Waals surface area contributed by atoms with Gasteiger partial charge >= 0.3 is 0 Å². The van der Waals surface area contributed by atoms with Gasteiger partial charge in [0.15, 0.2) is 11.5 Å². The van der Waals surface area contributed by atoms with Crippen LogP contribution in [0.2, 0.25) is 0 Å². The molecule has 8 heteroatoms. The number of nitrogens with zero attached hydrogens (tertiary/aromatic N) is 1. The van der Waals surface area contributed by atoms with Crippen LogP contribution in [0.1, 0.15) is 6.42 Å². The summed E-state index contributed by atoms with van der Waals surface area (Å²) in [6.07, 6.45) is 0.657. The van der Waals surface area contributed by atoms with E-state index in [2.05, 4.69) is 26.4 Å². The molecule has 2 heterocycles. The first kappa shape index (κ1) is 13.4. The fourth-order valence-electron chi connectivity index (χ4n) is 1.51. The molecule has 1 atom stereocenters. The molecule has 1 unspecified atom stereocenters. The van der Waals surface area contributed by atoms with Gasteiger partial charge < -0.3 is 21.7 Å². The maximum Gasteiger partial charge on any atom is 0.194 e. The van der Waals surface area contributed by atoms with Gasteiger partial charge in [-0.2, -0.15) is 11.8 Å². The van der Waals surface area contributed by atoms with Gasteiger partial charge in [0, 0.05) is 36.7 Å². The standard InChI is InChI=1S/C10H18N6S2/c11-8(12)1-4-17-5-7-6-18-10(15-7)16-9-13-2-3-14-9/h6,10,15H,1-5H2,(H3,11,12)(H2,13,14,16). The van der Waals surface area contributed by atoms with Crippen molar-refractivity contribution in [3.63, 3.8) is 0 Å². The van der Waals surface area contributed by atoms with Crippen molar-refractivity contribution in [3.05, 3.63) is 11.1 Å². The topological polar surface area (TPSA) is 98.3 Å². The van der Waals surface area contributed by atoms with Gasteiger partial charge in [0.25, 0.3) is 0 Å². The van der Waals surface area contributed by atoms with Crippen LogP contribution in [-0.2, 0) is 0 Å². The fraction of sp³-hybridized carbons (Fsp3) is 0.600. The molecule has 0 spiro atoms. The number of nitrogens with two attached hydrogens (primary N) is 1. The van der Waals surface area contributed by atoms with Crippen LogP contribution in [0.5, 0.6) is 0 Å². The van der Waals surface area contributed by atoms with E-state index < -0.39 is 0 Å². The molecule has 0 radical (unpaired) electrons. The largest absolute Gasteiger partial charge is 0.388 e. The predicted octanol–water partition coefficient (Wildman–Crippen LogP) is 0.0559. The molecule has 0 aromatic carbocycles. The molecule has 1 saturated heterocycles. The van der Waals surface area contributed by atoms with E-state index in [1.807, 2.05) is 0 Å². The summed E-state index contributed by atoms with van der Waals surface area (Å²) in [6.45, 7) is 1.88. The summed E-state index contributed by atoms with van der Waals surface area (Å²) in [6, 6.07) is 0. The normalized spacial score (nSPS) is 21.9. The third kappa shape index (κ3) is 4.34.